The van der Waals surface area contributed by atoms with E-state index >= 15 is 0 Å². The molecule has 1 rings (SSSR count). The van der Waals surface area contributed by atoms with E-state index in [1.165, 1.54) is 0 Å². The molecule has 52 valence electrons. The van der Waals surface area contributed by atoms with Gasteiger partial charge in [-0.15, -0.1) is 0 Å². The largest absolute Gasteiger partial charge is 0.497 e. The summed E-state index contributed by atoms with van der Waals surface area (Å²) < 4.78 is 4.91. The third-order valence-electron chi connectivity index (χ3n) is 0.979. The molecule has 0 N–H and O–H groups in total. The minimum atomic E-state index is 0. The Morgan fingerprint density at radius 1 is 1.11 bits per heavy atom. The molecule has 0 fully saturated rings. The van der Waals surface area contributed by atoms with Crippen molar-refractivity contribution in [1.29, 1.82) is 0 Å². The molecule has 0 aliphatic carbocycles. The fraction of sp³-hybridized carbons (Fsp3) is 0.143. The van der Waals surface area contributed by atoms with Gasteiger partial charge in [0.15, 0.2) is 0 Å². The SMILES string of the molecule is COc1ccccc1.[Pt]. The van der Waals surface area contributed by atoms with E-state index in [1.807, 2.05) is 30.3 Å². The Morgan fingerprint density at radius 2 is 1.67 bits per heavy atom. The molecule has 0 aliphatic rings. The summed E-state index contributed by atoms with van der Waals surface area (Å²) in [6, 6.07) is 9.68. The predicted molar refractivity (Wildman–Crippen MR) is 33.0 cm³/mol. The van der Waals surface area contributed by atoms with Crippen molar-refractivity contribution >= 4 is 0 Å². The van der Waals surface area contributed by atoms with Crippen LogP contribution in [0, 0.1) is 0 Å². The van der Waals surface area contributed by atoms with E-state index in [2.05, 4.69) is 0 Å². The summed E-state index contributed by atoms with van der Waals surface area (Å²) >= 11 is 0. The summed E-state index contributed by atoms with van der Waals surface area (Å²) in [5.41, 5.74) is 0. The maximum absolute atomic E-state index is 4.91. The van der Waals surface area contributed by atoms with Gasteiger partial charge in [-0.05, 0) is 12.1 Å². The summed E-state index contributed by atoms with van der Waals surface area (Å²) in [5, 5.41) is 0. The van der Waals surface area contributed by atoms with E-state index in [9.17, 15) is 0 Å². The summed E-state index contributed by atoms with van der Waals surface area (Å²) in [7, 11) is 1.66. The Balaban J connectivity index is 0.000000640. The number of hydrogen-bond donors (Lipinski definition) is 0. The maximum atomic E-state index is 4.91. The van der Waals surface area contributed by atoms with Crippen LogP contribution in [0.5, 0.6) is 5.75 Å². The van der Waals surface area contributed by atoms with Crippen LogP contribution in [0.15, 0.2) is 30.3 Å². The number of benzene rings is 1. The predicted octanol–water partition coefficient (Wildman–Crippen LogP) is 1.69. The minimum Gasteiger partial charge on any atom is -0.497 e. The fourth-order valence-corrected chi connectivity index (χ4v) is 0.557. The van der Waals surface area contributed by atoms with E-state index in [0.29, 0.717) is 0 Å². The van der Waals surface area contributed by atoms with E-state index in [0.717, 1.165) is 5.75 Å². The van der Waals surface area contributed by atoms with Crippen LogP contribution < -0.4 is 4.74 Å². The second-order valence-corrected chi connectivity index (χ2v) is 1.52. The van der Waals surface area contributed by atoms with Crippen LogP contribution in [0.2, 0.25) is 0 Å². The summed E-state index contributed by atoms with van der Waals surface area (Å²) in [5.74, 6) is 0.910. The van der Waals surface area contributed by atoms with Gasteiger partial charge in [0.1, 0.15) is 5.75 Å². The van der Waals surface area contributed by atoms with Gasteiger partial charge in [0, 0.05) is 21.1 Å². The van der Waals surface area contributed by atoms with Crippen LogP contribution in [0.3, 0.4) is 0 Å². The molecule has 0 aromatic heterocycles. The van der Waals surface area contributed by atoms with Crippen LogP contribution in [-0.4, -0.2) is 7.11 Å². The van der Waals surface area contributed by atoms with E-state index in [1.54, 1.807) is 7.11 Å². The average molecular weight is 303 g/mol. The van der Waals surface area contributed by atoms with Crippen LogP contribution in [0.25, 0.3) is 0 Å². The number of rotatable bonds is 1. The molecule has 1 aromatic carbocycles. The molecule has 2 heteroatoms. The first-order valence-corrected chi connectivity index (χ1v) is 2.52. The van der Waals surface area contributed by atoms with Crippen LogP contribution >= 0.6 is 0 Å². The molecule has 0 radical (unpaired) electrons. The van der Waals surface area contributed by atoms with Gasteiger partial charge in [-0.1, -0.05) is 18.2 Å². The van der Waals surface area contributed by atoms with Crippen molar-refractivity contribution in [3.8, 4) is 5.75 Å². The number of methoxy groups -OCH3 is 1. The molecule has 0 unspecified atom stereocenters. The zero-order valence-electron chi connectivity index (χ0n) is 5.11. The van der Waals surface area contributed by atoms with Gasteiger partial charge in [-0.3, -0.25) is 0 Å². The molecule has 0 heterocycles. The average Bonchev–Trinajstić information content (AvgIpc) is 1.90. The van der Waals surface area contributed by atoms with Gasteiger partial charge >= 0.3 is 0 Å². The first kappa shape index (κ1) is 8.71. The third kappa shape index (κ3) is 2.66. The molecule has 0 aliphatic heterocycles. The molecule has 0 amide bonds. The number of para-hydroxylation sites is 1. The molecule has 0 spiro atoms. The molecule has 0 saturated heterocycles. The molecule has 9 heavy (non-hydrogen) atoms. The smallest absolute Gasteiger partial charge is 0.118 e. The van der Waals surface area contributed by atoms with Crippen LogP contribution in [0.1, 0.15) is 0 Å². The van der Waals surface area contributed by atoms with Crippen LogP contribution in [0.4, 0.5) is 0 Å². The Labute approximate surface area is 69.3 Å². The van der Waals surface area contributed by atoms with Gasteiger partial charge in [0.25, 0.3) is 0 Å². The third-order valence-corrected chi connectivity index (χ3v) is 0.979. The van der Waals surface area contributed by atoms with Crippen molar-refractivity contribution in [3.05, 3.63) is 30.3 Å². The Bertz CT molecular complexity index is 150. The quantitative estimate of drug-likeness (QED) is 0.767. The van der Waals surface area contributed by atoms with Crippen molar-refractivity contribution < 1.29 is 25.8 Å². The van der Waals surface area contributed by atoms with Gasteiger partial charge in [0.2, 0.25) is 0 Å². The molecule has 0 saturated carbocycles. The van der Waals surface area contributed by atoms with Crippen molar-refractivity contribution in [2.24, 2.45) is 0 Å². The van der Waals surface area contributed by atoms with E-state index in [-0.39, 0.29) is 21.1 Å². The van der Waals surface area contributed by atoms with Gasteiger partial charge in [-0.2, -0.15) is 0 Å². The van der Waals surface area contributed by atoms with Crippen molar-refractivity contribution in [2.45, 2.75) is 0 Å². The summed E-state index contributed by atoms with van der Waals surface area (Å²) in [6.07, 6.45) is 0. The summed E-state index contributed by atoms with van der Waals surface area (Å²) in [6.45, 7) is 0. The molecular formula is C7H8OPt. The number of ether oxygens (including phenoxy) is 1. The first-order valence-electron chi connectivity index (χ1n) is 2.52. The van der Waals surface area contributed by atoms with E-state index < -0.39 is 0 Å². The van der Waals surface area contributed by atoms with Gasteiger partial charge in [-0.25, -0.2) is 0 Å². The normalized spacial score (nSPS) is 7.67. The maximum Gasteiger partial charge on any atom is 0.118 e. The second-order valence-electron chi connectivity index (χ2n) is 1.52. The molecule has 0 bridgehead atoms. The molecule has 1 aromatic rings. The molecule has 1 nitrogen and oxygen atoms in total. The molecule has 0 atom stereocenters. The Kier molecular flexibility index (Phi) is 4.43. The monoisotopic (exact) mass is 303 g/mol. The van der Waals surface area contributed by atoms with Crippen molar-refractivity contribution in [3.63, 3.8) is 0 Å². The first-order chi connectivity index (χ1) is 3.93. The van der Waals surface area contributed by atoms with Crippen LogP contribution in [-0.2, 0) is 21.1 Å². The standard InChI is InChI=1S/C7H8O.Pt/c1-8-7-5-3-2-4-6-7;/h2-6H,1H3;. The van der Waals surface area contributed by atoms with Gasteiger partial charge < -0.3 is 4.74 Å². The zero-order valence-corrected chi connectivity index (χ0v) is 7.38. The van der Waals surface area contributed by atoms with E-state index in [4.69, 9.17) is 4.74 Å². The topological polar surface area (TPSA) is 9.23 Å². The zero-order chi connectivity index (χ0) is 5.82. The summed E-state index contributed by atoms with van der Waals surface area (Å²) in [4.78, 5) is 0. The fourth-order valence-electron chi connectivity index (χ4n) is 0.557. The number of hydrogen-bond acceptors (Lipinski definition) is 1. The second kappa shape index (κ2) is 4.57. The van der Waals surface area contributed by atoms with Gasteiger partial charge in [0.05, 0.1) is 7.11 Å². The molecular weight excluding hydrogens is 295 g/mol. The van der Waals surface area contributed by atoms with Crippen molar-refractivity contribution in [2.75, 3.05) is 7.11 Å². The minimum absolute atomic E-state index is 0. The Hall–Kier alpha value is -0.292. The van der Waals surface area contributed by atoms with Crippen molar-refractivity contribution in [1.82, 2.24) is 0 Å². The Morgan fingerprint density at radius 3 is 2.00 bits per heavy atom.